The zero-order valence-corrected chi connectivity index (χ0v) is 9.46. The third-order valence-corrected chi connectivity index (χ3v) is 3.44. The maximum atomic E-state index is 12.0. The normalized spacial score (nSPS) is 42.2. The fraction of sp³-hybridized carbons (Fsp3) is 0.800. The number of hydroxylamine groups is 2. The summed E-state index contributed by atoms with van der Waals surface area (Å²) in [6.07, 6.45) is 0.619. The van der Waals surface area contributed by atoms with Crippen LogP contribution < -0.4 is 5.73 Å². The van der Waals surface area contributed by atoms with E-state index in [4.69, 9.17) is 5.73 Å². The predicted molar refractivity (Wildman–Crippen MR) is 55.4 cm³/mol. The molecule has 0 saturated carbocycles. The molecule has 4 unspecified atom stereocenters. The molecule has 2 aliphatic heterocycles. The van der Waals surface area contributed by atoms with Gasteiger partial charge in [-0.3, -0.25) is 9.59 Å². The summed E-state index contributed by atoms with van der Waals surface area (Å²) in [6, 6.07) is -1.16. The van der Waals surface area contributed by atoms with E-state index in [0.29, 0.717) is 13.0 Å². The van der Waals surface area contributed by atoms with Crippen LogP contribution in [0.5, 0.6) is 0 Å². The molecular formula is C10H17N3O3. The van der Waals surface area contributed by atoms with Gasteiger partial charge in [-0.25, -0.2) is 0 Å². The van der Waals surface area contributed by atoms with Gasteiger partial charge in [0.25, 0.3) is 0 Å². The number of carbonyl (C=O) groups is 2. The van der Waals surface area contributed by atoms with Crippen molar-refractivity contribution in [2.45, 2.75) is 38.4 Å². The number of nitrogens with zero attached hydrogens (tertiary/aromatic N) is 2. The zero-order chi connectivity index (χ0) is 12.0. The standard InChI is InChI=1S/C10H17N3O3/c1-5-3-7(9(11)14)12(4-5)10(15)8-6(2)13(8)16/h5-8,16H,3-4H2,1-2H3,(H2,11,14)/t5?,6?,7?,8-,13?/m0/s1. The van der Waals surface area contributed by atoms with Gasteiger partial charge in [0, 0.05) is 6.54 Å². The summed E-state index contributed by atoms with van der Waals surface area (Å²) in [5.41, 5.74) is 5.27. The minimum Gasteiger partial charge on any atom is -0.368 e. The van der Waals surface area contributed by atoms with Crippen LogP contribution in [-0.4, -0.2) is 51.7 Å². The van der Waals surface area contributed by atoms with Gasteiger partial charge in [-0.05, 0) is 19.3 Å². The minimum absolute atomic E-state index is 0.156. The van der Waals surface area contributed by atoms with Crippen molar-refractivity contribution in [3.8, 4) is 0 Å². The fourth-order valence-corrected chi connectivity index (χ4v) is 2.38. The first-order valence-electron chi connectivity index (χ1n) is 5.50. The van der Waals surface area contributed by atoms with Crippen LogP contribution in [0, 0.1) is 5.92 Å². The Morgan fingerprint density at radius 1 is 1.38 bits per heavy atom. The molecule has 2 heterocycles. The third kappa shape index (κ3) is 1.68. The van der Waals surface area contributed by atoms with Gasteiger partial charge in [-0.15, -0.1) is 0 Å². The molecule has 3 N–H and O–H groups in total. The van der Waals surface area contributed by atoms with Crippen LogP contribution in [0.2, 0.25) is 0 Å². The molecule has 2 amide bonds. The second-order valence-corrected chi connectivity index (χ2v) is 4.82. The van der Waals surface area contributed by atoms with Crippen molar-refractivity contribution < 1.29 is 14.8 Å². The summed E-state index contributed by atoms with van der Waals surface area (Å²) in [7, 11) is 0. The van der Waals surface area contributed by atoms with Crippen molar-refractivity contribution >= 4 is 11.8 Å². The highest BCUT2D eigenvalue weighted by atomic mass is 16.5. The highest BCUT2D eigenvalue weighted by Crippen LogP contribution is 2.31. The Labute approximate surface area is 93.9 Å². The summed E-state index contributed by atoms with van der Waals surface area (Å²) in [5, 5.41) is 10.3. The molecule has 0 aromatic carbocycles. The van der Waals surface area contributed by atoms with Crippen molar-refractivity contribution in [2.24, 2.45) is 11.7 Å². The first kappa shape index (κ1) is 11.3. The van der Waals surface area contributed by atoms with E-state index >= 15 is 0 Å². The molecule has 6 heteroatoms. The number of amides is 2. The van der Waals surface area contributed by atoms with Crippen molar-refractivity contribution in [1.82, 2.24) is 9.96 Å². The van der Waals surface area contributed by atoms with Crippen molar-refractivity contribution in [3.05, 3.63) is 0 Å². The zero-order valence-electron chi connectivity index (χ0n) is 9.46. The molecule has 6 nitrogen and oxygen atoms in total. The topological polar surface area (TPSA) is 86.6 Å². The smallest absolute Gasteiger partial charge is 0.244 e. The van der Waals surface area contributed by atoms with Crippen LogP contribution in [0.25, 0.3) is 0 Å². The van der Waals surface area contributed by atoms with E-state index in [1.807, 2.05) is 6.92 Å². The Bertz CT molecular complexity index is 325. The van der Waals surface area contributed by atoms with Gasteiger partial charge in [-0.2, -0.15) is 5.06 Å². The Hall–Kier alpha value is -1.14. The van der Waals surface area contributed by atoms with Crippen LogP contribution in [-0.2, 0) is 9.59 Å². The lowest BCUT2D eigenvalue weighted by molar-refractivity contribution is -0.139. The van der Waals surface area contributed by atoms with E-state index in [0.717, 1.165) is 5.06 Å². The van der Waals surface area contributed by atoms with Gasteiger partial charge >= 0.3 is 0 Å². The molecule has 2 aliphatic rings. The molecule has 0 aromatic rings. The lowest BCUT2D eigenvalue weighted by atomic mass is 10.1. The number of likely N-dealkylation sites (tertiary alicyclic amines) is 1. The number of hydrogen-bond acceptors (Lipinski definition) is 4. The molecule has 2 saturated heterocycles. The lowest BCUT2D eigenvalue weighted by Gasteiger charge is -2.21. The van der Waals surface area contributed by atoms with Gasteiger partial charge in [-0.1, -0.05) is 6.92 Å². The van der Waals surface area contributed by atoms with E-state index in [-0.39, 0.29) is 17.9 Å². The number of nitrogens with two attached hydrogens (primary N) is 1. The van der Waals surface area contributed by atoms with Gasteiger partial charge < -0.3 is 15.8 Å². The average molecular weight is 227 g/mol. The van der Waals surface area contributed by atoms with Crippen molar-refractivity contribution in [3.63, 3.8) is 0 Å². The predicted octanol–water partition coefficient (Wildman–Crippen LogP) is -0.829. The number of hydrogen-bond donors (Lipinski definition) is 2. The highest BCUT2D eigenvalue weighted by Gasteiger charge is 2.53. The van der Waals surface area contributed by atoms with Gasteiger partial charge in [0.1, 0.15) is 12.1 Å². The quantitative estimate of drug-likeness (QED) is 0.603. The lowest BCUT2D eigenvalue weighted by Crippen LogP contribution is -2.46. The van der Waals surface area contributed by atoms with E-state index < -0.39 is 18.0 Å². The molecule has 2 rings (SSSR count). The summed E-state index contributed by atoms with van der Waals surface area (Å²) in [5.74, 6) is -0.374. The molecule has 0 bridgehead atoms. The van der Waals surface area contributed by atoms with Gasteiger partial charge in [0.2, 0.25) is 11.8 Å². The number of primary amides is 1. The van der Waals surface area contributed by atoms with Crippen molar-refractivity contribution in [1.29, 1.82) is 0 Å². The summed E-state index contributed by atoms with van der Waals surface area (Å²) in [6.45, 7) is 4.29. The minimum atomic E-state index is -0.510. The molecule has 90 valence electrons. The van der Waals surface area contributed by atoms with Crippen LogP contribution >= 0.6 is 0 Å². The average Bonchev–Trinajstić information content (AvgIpc) is 2.62. The maximum absolute atomic E-state index is 12.0. The molecule has 2 fully saturated rings. The van der Waals surface area contributed by atoms with E-state index in [2.05, 4.69) is 0 Å². The fourth-order valence-electron chi connectivity index (χ4n) is 2.38. The molecular weight excluding hydrogens is 210 g/mol. The second-order valence-electron chi connectivity index (χ2n) is 4.82. The summed E-state index contributed by atoms with van der Waals surface area (Å²) in [4.78, 5) is 24.7. The van der Waals surface area contributed by atoms with E-state index in [1.165, 1.54) is 4.90 Å². The Kier molecular flexibility index (Phi) is 2.63. The molecule has 16 heavy (non-hydrogen) atoms. The highest BCUT2D eigenvalue weighted by molar-refractivity contribution is 5.91. The van der Waals surface area contributed by atoms with E-state index in [9.17, 15) is 14.8 Å². The van der Waals surface area contributed by atoms with E-state index in [1.54, 1.807) is 6.92 Å². The maximum Gasteiger partial charge on any atom is 0.244 e. The molecule has 0 aliphatic carbocycles. The Balaban J connectivity index is 2.08. The third-order valence-electron chi connectivity index (χ3n) is 3.44. The van der Waals surface area contributed by atoms with Crippen LogP contribution in [0.1, 0.15) is 20.3 Å². The molecule has 0 aromatic heterocycles. The Morgan fingerprint density at radius 3 is 2.38 bits per heavy atom. The van der Waals surface area contributed by atoms with Crippen molar-refractivity contribution in [2.75, 3.05) is 6.54 Å². The van der Waals surface area contributed by atoms with Gasteiger partial charge in [0.15, 0.2) is 0 Å². The first-order chi connectivity index (χ1) is 7.43. The van der Waals surface area contributed by atoms with Crippen LogP contribution in [0.4, 0.5) is 0 Å². The summed E-state index contributed by atoms with van der Waals surface area (Å²) >= 11 is 0. The number of carbonyl (C=O) groups excluding carboxylic acids is 2. The molecule has 5 atom stereocenters. The van der Waals surface area contributed by atoms with Crippen LogP contribution in [0.3, 0.4) is 0 Å². The van der Waals surface area contributed by atoms with Gasteiger partial charge in [0.05, 0.1) is 6.04 Å². The number of rotatable bonds is 2. The Morgan fingerprint density at radius 2 is 1.94 bits per heavy atom. The SMILES string of the molecule is CC1CC(C(N)=O)N(C(=O)[C@@H]2C(C)N2O)C1. The molecule has 0 radical (unpaired) electrons. The van der Waals surface area contributed by atoms with Crippen LogP contribution in [0.15, 0.2) is 0 Å². The monoisotopic (exact) mass is 227 g/mol. The summed E-state index contributed by atoms with van der Waals surface area (Å²) < 4.78 is 0. The largest absolute Gasteiger partial charge is 0.368 e. The first-order valence-corrected chi connectivity index (χ1v) is 5.50. The second kappa shape index (κ2) is 3.71. The molecule has 0 spiro atoms.